The molecular weight excluding hydrogens is 512 g/mol. The Kier molecular flexibility index (Phi) is 6.70. The molecule has 0 bridgehead atoms. The van der Waals surface area contributed by atoms with Gasteiger partial charge >= 0.3 is 12.0 Å². The molecule has 0 spiro atoms. The maximum absolute atomic E-state index is 12.1. The van der Waals surface area contributed by atoms with Crippen LogP contribution in [0, 0.1) is 0 Å². The molecule has 4 aromatic heterocycles. The van der Waals surface area contributed by atoms with E-state index in [2.05, 4.69) is 30.8 Å². The first kappa shape index (κ1) is 24.2. The van der Waals surface area contributed by atoms with Gasteiger partial charge in [-0.05, 0) is 13.0 Å². The molecule has 37 heavy (non-hydrogen) atoms. The first-order chi connectivity index (χ1) is 17.9. The molecule has 0 unspecified atom stereocenters. The van der Waals surface area contributed by atoms with Crippen molar-refractivity contribution < 1.29 is 14.7 Å². The van der Waals surface area contributed by atoms with Gasteiger partial charge in [0.2, 0.25) is 0 Å². The number of carbonyl (C=O) groups excluding carboxylic acids is 1. The Morgan fingerprint density at radius 1 is 1.11 bits per heavy atom. The number of hydrogen-bond acceptors (Lipinski definition) is 9. The number of rotatable bonds is 7. The third kappa shape index (κ3) is 4.94. The molecule has 11 nitrogen and oxygen atoms in total. The highest BCUT2D eigenvalue weighted by atomic mass is 32.1. The van der Waals surface area contributed by atoms with Crippen LogP contribution in [-0.2, 0) is 7.05 Å². The van der Waals surface area contributed by atoms with Crippen LogP contribution in [0.3, 0.4) is 0 Å². The zero-order valence-electron chi connectivity index (χ0n) is 19.7. The van der Waals surface area contributed by atoms with Crippen LogP contribution in [0.25, 0.3) is 43.9 Å². The van der Waals surface area contributed by atoms with Crippen LogP contribution in [0.5, 0.6) is 0 Å². The van der Waals surface area contributed by atoms with Gasteiger partial charge in [0.15, 0.2) is 5.82 Å². The highest BCUT2D eigenvalue weighted by molar-refractivity contribution is 7.17. The van der Waals surface area contributed by atoms with Crippen molar-refractivity contribution in [1.29, 1.82) is 0 Å². The molecule has 13 heteroatoms. The summed E-state index contributed by atoms with van der Waals surface area (Å²) in [5, 5.41) is 26.2. The second-order valence-corrected chi connectivity index (χ2v) is 9.63. The highest BCUT2D eigenvalue weighted by Crippen LogP contribution is 2.40. The number of nitrogens with one attached hydrogen (secondary N) is 2. The Bertz CT molecular complexity index is 1590. The van der Waals surface area contributed by atoms with E-state index in [1.165, 1.54) is 17.7 Å². The maximum atomic E-state index is 12.1. The van der Waals surface area contributed by atoms with E-state index in [1.807, 2.05) is 42.6 Å². The minimum Gasteiger partial charge on any atom is -0.477 e. The normalized spacial score (nSPS) is 10.9. The van der Waals surface area contributed by atoms with Gasteiger partial charge < -0.3 is 15.0 Å². The van der Waals surface area contributed by atoms with Crippen LogP contribution in [-0.4, -0.2) is 53.4 Å². The van der Waals surface area contributed by atoms with E-state index in [9.17, 15) is 14.7 Å². The summed E-state index contributed by atoms with van der Waals surface area (Å²) in [5.41, 5.74) is 3.22. The molecule has 0 atom stereocenters. The van der Waals surface area contributed by atoms with Crippen molar-refractivity contribution in [3.8, 4) is 43.9 Å². The number of carboxylic acids is 1. The van der Waals surface area contributed by atoms with Gasteiger partial charge in [0.1, 0.15) is 32.7 Å². The molecule has 186 valence electrons. The summed E-state index contributed by atoms with van der Waals surface area (Å²) >= 11 is 2.44. The van der Waals surface area contributed by atoms with Crippen molar-refractivity contribution >= 4 is 40.5 Å². The molecule has 0 fully saturated rings. The molecule has 0 saturated heterocycles. The Morgan fingerprint density at radius 3 is 2.62 bits per heavy atom. The van der Waals surface area contributed by atoms with Crippen molar-refractivity contribution in [2.24, 2.45) is 7.05 Å². The topological polar surface area (TPSA) is 148 Å². The number of urea groups is 1. The fourth-order valence-electron chi connectivity index (χ4n) is 3.56. The Labute approximate surface area is 218 Å². The lowest BCUT2D eigenvalue weighted by Crippen LogP contribution is -2.28. The zero-order chi connectivity index (χ0) is 25.9. The molecule has 2 amide bonds. The van der Waals surface area contributed by atoms with E-state index in [0.29, 0.717) is 39.3 Å². The standard InChI is InChI=1S/C24H20N8O3S2/c1-3-25-24(35)29-17-9-14(21-28-16(11-36-21)13-7-5-4-6-8-13)15(10-26-17)22-30-18(19(37-22)23(33)34)20-31-27-12-32(20)2/h4-12H,3H2,1-2H3,(H,33,34)(H2,25,26,29,35). The molecular formula is C24H20N8O3S2. The summed E-state index contributed by atoms with van der Waals surface area (Å²) in [6.45, 7) is 2.28. The van der Waals surface area contributed by atoms with Crippen LogP contribution in [0.2, 0.25) is 0 Å². The van der Waals surface area contributed by atoms with Crippen molar-refractivity contribution in [2.75, 3.05) is 11.9 Å². The van der Waals surface area contributed by atoms with Crippen LogP contribution in [0.15, 0.2) is 54.3 Å². The summed E-state index contributed by atoms with van der Waals surface area (Å²) < 4.78 is 1.61. The van der Waals surface area contributed by atoms with Gasteiger partial charge in [-0.2, -0.15) is 0 Å². The molecule has 3 N–H and O–H groups in total. The second kappa shape index (κ2) is 10.2. The fourth-order valence-corrected chi connectivity index (χ4v) is 5.34. The molecule has 0 aliphatic carbocycles. The van der Waals surface area contributed by atoms with Crippen molar-refractivity contribution in [1.82, 2.24) is 35.0 Å². The van der Waals surface area contributed by atoms with Gasteiger partial charge in [-0.25, -0.2) is 24.5 Å². The third-order valence-corrected chi connectivity index (χ3v) is 7.21. The molecule has 0 aliphatic heterocycles. The lowest BCUT2D eigenvalue weighted by molar-refractivity contribution is 0.0702. The average Bonchev–Trinajstić information content (AvgIpc) is 3.64. The van der Waals surface area contributed by atoms with Gasteiger partial charge in [0.25, 0.3) is 0 Å². The molecule has 5 aromatic rings. The minimum absolute atomic E-state index is 0.0330. The van der Waals surface area contributed by atoms with Crippen LogP contribution < -0.4 is 10.6 Å². The van der Waals surface area contributed by atoms with Crippen molar-refractivity contribution in [3.05, 3.63) is 59.2 Å². The summed E-state index contributed by atoms with van der Waals surface area (Å²) in [6, 6.07) is 11.1. The molecule has 0 aliphatic rings. The number of carbonyl (C=O) groups is 2. The average molecular weight is 533 g/mol. The largest absolute Gasteiger partial charge is 0.477 e. The van der Waals surface area contributed by atoms with Gasteiger partial charge in [0, 0.05) is 41.9 Å². The number of aromatic nitrogens is 6. The quantitative estimate of drug-likeness (QED) is 0.275. The highest BCUT2D eigenvalue weighted by Gasteiger charge is 2.25. The Hall–Kier alpha value is -4.49. The van der Waals surface area contributed by atoms with E-state index in [1.54, 1.807) is 23.9 Å². The molecule has 5 rings (SSSR count). The molecule has 1 aromatic carbocycles. The first-order valence-corrected chi connectivity index (χ1v) is 12.8. The maximum Gasteiger partial charge on any atom is 0.348 e. The fraction of sp³-hybridized carbons (Fsp3) is 0.125. The van der Waals surface area contributed by atoms with Crippen molar-refractivity contribution in [2.45, 2.75) is 6.92 Å². The zero-order valence-corrected chi connectivity index (χ0v) is 21.3. The minimum atomic E-state index is -1.12. The van der Waals surface area contributed by atoms with Gasteiger partial charge in [-0.1, -0.05) is 30.3 Å². The number of hydrogen-bond donors (Lipinski definition) is 3. The van der Waals surface area contributed by atoms with Crippen LogP contribution in [0.1, 0.15) is 16.6 Å². The number of aryl methyl sites for hydroxylation is 1. The number of pyridine rings is 1. The summed E-state index contributed by atoms with van der Waals surface area (Å²) in [7, 11) is 1.72. The molecule has 4 heterocycles. The van der Waals surface area contributed by atoms with E-state index < -0.39 is 5.97 Å². The summed E-state index contributed by atoms with van der Waals surface area (Å²) in [4.78, 5) is 38.0. The number of carboxylic acid groups (broad SMARTS) is 1. The van der Waals surface area contributed by atoms with E-state index in [-0.39, 0.29) is 16.6 Å². The number of benzene rings is 1. The summed E-state index contributed by atoms with van der Waals surface area (Å²) in [5.74, 6) is -0.458. The Morgan fingerprint density at radius 2 is 1.92 bits per heavy atom. The van der Waals surface area contributed by atoms with E-state index >= 15 is 0 Å². The number of thiazole rings is 2. The van der Waals surface area contributed by atoms with E-state index in [0.717, 1.165) is 22.6 Å². The smallest absolute Gasteiger partial charge is 0.348 e. The van der Waals surface area contributed by atoms with Gasteiger partial charge in [-0.3, -0.25) is 5.32 Å². The predicted molar refractivity (Wildman–Crippen MR) is 142 cm³/mol. The second-order valence-electron chi connectivity index (χ2n) is 7.77. The van der Waals surface area contributed by atoms with Crippen molar-refractivity contribution in [3.63, 3.8) is 0 Å². The van der Waals surface area contributed by atoms with Gasteiger partial charge in [-0.15, -0.1) is 32.9 Å². The molecule has 0 saturated carbocycles. The number of nitrogens with zero attached hydrogens (tertiary/aromatic N) is 6. The SMILES string of the molecule is CCNC(=O)Nc1cc(-c2nc(-c3ccccc3)cs2)c(-c2nc(-c3nncn3C)c(C(=O)O)s2)cn1. The number of amides is 2. The predicted octanol–water partition coefficient (Wildman–Crippen LogP) is 4.63. The van der Waals surface area contributed by atoms with Crippen LogP contribution in [0.4, 0.5) is 10.6 Å². The monoisotopic (exact) mass is 532 g/mol. The lowest BCUT2D eigenvalue weighted by atomic mass is 10.1. The number of anilines is 1. The number of aromatic carboxylic acids is 1. The third-order valence-electron chi connectivity index (χ3n) is 5.26. The summed E-state index contributed by atoms with van der Waals surface area (Å²) in [6.07, 6.45) is 3.04. The Balaban J connectivity index is 1.64. The van der Waals surface area contributed by atoms with Crippen LogP contribution >= 0.6 is 22.7 Å². The van der Waals surface area contributed by atoms with Gasteiger partial charge in [0.05, 0.1) is 5.69 Å². The first-order valence-electron chi connectivity index (χ1n) is 11.1. The molecule has 0 radical (unpaired) electrons. The lowest BCUT2D eigenvalue weighted by Gasteiger charge is -2.09. The van der Waals surface area contributed by atoms with E-state index in [4.69, 9.17) is 4.98 Å².